The van der Waals surface area contributed by atoms with Gasteiger partial charge >= 0.3 is 0 Å². The summed E-state index contributed by atoms with van der Waals surface area (Å²) in [5.41, 5.74) is 2.47. The summed E-state index contributed by atoms with van der Waals surface area (Å²) in [4.78, 5) is 30.6. The molecule has 2 aromatic heterocycles. The Morgan fingerprint density at radius 3 is 2.72 bits per heavy atom. The van der Waals surface area contributed by atoms with Gasteiger partial charge in [-0.05, 0) is 49.7 Å². The summed E-state index contributed by atoms with van der Waals surface area (Å²) in [6, 6.07) is 16.5. The molecule has 2 aromatic carbocycles. The molecule has 4 rings (SSSR count). The number of halogens is 1. The molecule has 0 aliphatic heterocycles. The largest absolute Gasteiger partial charge is 0.467 e. The zero-order valence-corrected chi connectivity index (χ0v) is 19.2. The van der Waals surface area contributed by atoms with E-state index in [-0.39, 0.29) is 18.0 Å². The lowest BCUT2D eigenvalue weighted by atomic mass is 10.1. The number of furan rings is 1. The molecule has 32 heavy (non-hydrogen) atoms. The van der Waals surface area contributed by atoms with Crippen molar-refractivity contribution < 1.29 is 9.21 Å². The number of fused-ring (bicyclic) bond motifs is 1. The summed E-state index contributed by atoms with van der Waals surface area (Å²) >= 11 is 7.34. The Morgan fingerprint density at radius 2 is 2.00 bits per heavy atom. The fourth-order valence-corrected chi connectivity index (χ4v) is 4.31. The van der Waals surface area contributed by atoms with E-state index >= 15 is 0 Å². The molecule has 1 N–H and O–H groups in total. The molecule has 0 fully saturated rings. The normalized spacial score (nSPS) is 12.1. The van der Waals surface area contributed by atoms with Gasteiger partial charge < -0.3 is 9.73 Å². The van der Waals surface area contributed by atoms with Gasteiger partial charge in [-0.25, -0.2) is 4.98 Å². The SMILES string of the molecule is Cc1ccc(CNC(=O)C(C)Sc2nc3cc(Cl)ccc3c(=O)n2Cc2ccco2)cc1. The Morgan fingerprint density at radius 1 is 1.22 bits per heavy atom. The van der Waals surface area contributed by atoms with Crippen molar-refractivity contribution in [1.82, 2.24) is 14.9 Å². The van der Waals surface area contributed by atoms with Crippen LogP contribution in [0.4, 0.5) is 0 Å². The first kappa shape index (κ1) is 22.2. The molecule has 1 atom stereocenters. The molecular weight excluding hydrogens is 446 g/mol. The molecule has 4 aromatic rings. The van der Waals surface area contributed by atoms with Gasteiger partial charge in [0.1, 0.15) is 5.76 Å². The number of carbonyl (C=O) groups excluding carboxylic acids is 1. The molecule has 0 bridgehead atoms. The van der Waals surface area contributed by atoms with E-state index in [9.17, 15) is 9.59 Å². The molecule has 6 nitrogen and oxygen atoms in total. The zero-order valence-electron chi connectivity index (χ0n) is 17.7. The molecule has 8 heteroatoms. The second kappa shape index (κ2) is 9.63. The summed E-state index contributed by atoms with van der Waals surface area (Å²) in [6.07, 6.45) is 1.56. The summed E-state index contributed by atoms with van der Waals surface area (Å²) in [6.45, 7) is 4.47. The lowest BCUT2D eigenvalue weighted by Gasteiger charge is -2.16. The molecule has 0 spiro atoms. The molecule has 0 aliphatic carbocycles. The van der Waals surface area contributed by atoms with E-state index in [0.29, 0.717) is 33.4 Å². The third-order valence-corrected chi connectivity index (χ3v) is 6.34. The standard InChI is InChI=1S/C24H22ClN3O3S/c1-15-5-7-17(8-6-15)13-26-22(29)16(2)32-24-27-21-12-18(25)9-10-20(21)23(30)28(24)14-19-4-3-11-31-19/h3-12,16H,13-14H2,1-2H3,(H,26,29). The first-order valence-electron chi connectivity index (χ1n) is 10.1. The number of thioether (sulfide) groups is 1. The summed E-state index contributed by atoms with van der Waals surface area (Å²) in [7, 11) is 0. The van der Waals surface area contributed by atoms with Crippen molar-refractivity contribution in [1.29, 1.82) is 0 Å². The van der Waals surface area contributed by atoms with Crippen LogP contribution in [0.1, 0.15) is 23.8 Å². The highest BCUT2D eigenvalue weighted by Gasteiger charge is 2.20. The molecule has 2 heterocycles. The monoisotopic (exact) mass is 467 g/mol. The van der Waals surface area contributed by atoms with E-state index < -0.39 is 5.25 Å². The second-order valence-corrected chi connectivity index (χ2v) is 9.23. The number of benzene rings is 2. The van der Waals surface area contributed by atoms with Crippen molar-refractivity contribution in [3.8, 4) is 0 Å². The Bertz CT molecular complexity index is 1300. The zero-order chi connectivity index (χ0) is 22.7. The smallest absolute Gasteiger partial charge is 0.262 e. The van der Waals surface area contributed by atoms with Crippen LogP contribution in [-0.2, 0) is 17.9 Å². The van der Waals surface area contributed by atoms with Crippen molar-refractivity contribution >= 4 is 40.2 Å². The number of carbonyl (C=O) groups is 1. The van der Waals surface area contributed by atoms with Crippen LogP contribution in [0.25, 0.3) is 10.9 Å². The minimum absolute atomic E-state index is 0.138. The van der Waals surface area contributed by atoms with Gasteiger partial charge in [-0.2, -0.15) is 0 Å². The minimum atomic E-state index is -0.466. The highest BCUT2D eigenvalue weighted by molar-refractivity contribution is 8.00. The van der Waals surface area contributed by atoms with Gasteiger partial charge in [0.05, 0.1) is 29.0 Å². The number of nitrogens with one attached hydrogen (secondary N) is 1. The van der Waals surface area contributed by atoms with Crippen LogP contribution in [0.2, 0.25) is 5.02 Å². The Balaban J connectivity index is 1.59. The Labute approximate surface area is 194 Å². The van der Waals surface area contributed by atoms with Gasteiger partial charge in [0, 0.05) is 11.6 Å². The summed E-state index contributed by atoms with van der Waals surface area (Å²) in [5.74, 6) is 0.487. The number of nitrogens with zero attached hydrogens (tertiary/aromatic N) is 2. The lowest BCUT2D eigenvalue weighted by Crippen LogP contribution is -2.31. The molecule has 1 unspecified atom stereocenters. The van der Waals surface area contributed by atoms with E-state index in [1.54, 1.807) is 43.5 Å². The van der Waals surface area contributed by atoms with E-state index in [2.05, 4.69) is 10.3 Å². The fraction of sp³-hybridized carbons (Fsp3) is 0.208. The van der Waals surface area contributed by atoms with Crippen molar-refractivity contribution in [2.45, 2.75) is 37.3 Å². The number of aromatic nitrogens is 2. The van der Waals surface area contributed by atoms with E-state index in [0.717, 1.165) is 5.56 Å². The van der Waals surface area contributed by atoms with Crippen molar-refractivity contribution in [2.24, 2.45) is 0 Å². The van der Waals surface area contributed by atoms with Crippen LogP contribution in [-0.4, -0.2) is 20.7 Å². The van der Waals surface area contributed by atoms with E-state index in [1.165, 1.54) is 21.9 Å². The van der Waals surface area contributed by atoms with E-state index in [1.807, 2.05) is 31.2 Å². The predicted molar refractivity (Wildman–Crippen MR) is 127 cm³/mol. The maximum atomic E-state index is 13.2. The maximum absolute atomic E-state index is 13.2. The van der Waals surface area contributed by atoms with Crippen molar-refractivity contribution in [3.63, 3.8) is 0 Å². The molecule has 164 valence electrons. The number of hydrogen-bond donors (Lipinski definition) is 1. The maximum Gasteiger partial charge on any atom is 0.262 e. The molecular formula is C24H22ClN3O3S. The molecule has 0 saturated carbocycles. The number of hydrogen-bond acceptors (Lipinski definition) is 5. The third-order valence-electron chi connectivity index (χ3n) is 5.02. The number of aryl methyl sites for hydroxylation is 1. The second-order valence-electron chi connectivity index (χ2n) is 7.49. The number of rotatable bonds is 7. The molecule has 0 saturated heterocycles. The van der Waals surface area contributed by atoms with Gasteiger partial charge in [0.2, 0.25) is 5.91 Å². The van der Waals surface area contributed by atoms with Gasteiger partial charge in [-0.1, -0.05) is 53.2 Å². The highest BCUT2D eigenvalue weighted by atomic mass is 35.5. The van der Waals surface area contributed by atoms with Crippen molar-refractivity contribution in [3.05, 3.63) is 93.1 Å². The minimum Gasteiger partial charge on any atom is -0.467 e. The Hall–Kier alpha value is -3.03. The third kappa shape index (κ3) is 5.06. The topological polar surface area (TPSA) is 77.1 Å². The van der Waals surface area contributed by atoms with Crippen LogP contribution in [0, 0.1) is 6.92 Å². The summed E-state index contributed by atoms with van der Waals surface area (Å²) in [5, 5.41) is 3.87. The molecule has 1 amide bonds. The van der Waals surface area contributed by atoms with Crippen LogP contribution in [0.3, 0.4) is 0 Å². The lowest BCUT2D eigenvalue weighted by molar-refractivity contribution is -0.120. The first-order valence-corrected chi connectivity index (χ1v) is 11.4. The van der Waals surface area contributed by atoms with Crippen molar-refractivity contribution in [2.75, 3.05) is 0 Å². The van der Waals surface area contributed by atoms with Crippen LogP contribution in [0.15, 0.2) is 75.2 Å². The van der Waals surface area contributed by atoms with Crippen LogP contribution in [0.5, 0.6) is 0 Å². The fourth-order valence-electron chi connectivity index (χ4n) is 3.21. The van der Waals surface area contributed by atoms with Gasteiger partial charge in [-0.15, -0.1) is 0 Å². The van der Waals surface area contributed by atoms with E-state index in [4.69, 9.17) is 16.0 Å². The molecule has 0 aliphatic rings. The highest BCUT2D eigenvalue weighted by Crippen LogP contribution is 2.25. The predicted octanol–water partition coefficient (Wildman–Crippen LogP) is 4.80. The van der Waals surface area contributed by atoms with Gasteiger partial charge in [-0.3, -0.25) is 14.2 Å². The summed E-state index contributed by atoms with van der Waals surface area (Å²) < 4.78 is 6.96. The van der Waals surface area contributed by atoms with Crippen LogP contribution < -0.4 is 10.9 Å². The first-order chi connectivity index (χ1) is 15.4. The Kier molecular flexibility index (Phi) is 6.67. The van der Waals surface area contributed by atoms with Crippen LogP contribution >= 0.6 is 23.4 Å². The van der Waals surface area contributed by atoms with Gasteiger partial charge in [0.25, 0.3) is 5.56 Å². The number of amides is 1. The quantitative estimate of drug-likeness (QED) is 0.312. The van der Waals surface area contributed by atoms with Gasteiger partial charge in [0.15, 0.2) is 5.16 Å². The average Bonchev–Trinajstić information content (AvgIpc) is 3.29. The average molecular weight is 468 g/mol. The molecule has 0 radical (unpaired) electrons.